The van der Waals surface area contributed by atoms with E-state index in [1.165, 1.54) is 12.0 Å². The quantitative estimate of drug-likeness (QED) is 0.363. The molecule has 1 aliphatic carbocycles. The summed E-state index contributed by atoms with van der Waals surface area (Å²) in [5.41, 5.74) is 2.46. The number of nitrogens with one attached hydrogen (secondary N) is 3. The normalized spacial score (nSPS) is 17.5. The molecule has 2 heterocycles. The van der Waals surface area contributed by atoms with E-state index in [-0.39, 0.29) is 11.8 Å². The van der Waals surface area contributed by atoms with Gasteiger partial charge >= 0.3 is 0 Å². The number of unbranched alkanes of at least 4 members (excludes halogenated alkanes) is 1. The number of pyridine rings is 2. The zero-order valence-electron chi connectivity index (χ0n) is 19.2. The molecule has 34 heavy (non-hydrogen) atoms. The maximum absolute atomic E-state index is 12.9. The third kappa shape index (κ3) is 6.96. The summed E-state index contributed by atoms with van der Waals surface area (Å²) in [6.45, 7) is 1.21. The van der Waals surface area contributed by atoms with Crippen molar-refractivity contribution >= 4 is 11.8 Å². The molecule has 7 nitrogen and oxygen atoms in total. The molecule has 3 N–H and O–H groups in total. The lowest BCUT2D eigenvalue weighted by atomic mass is 10.1. The van der Waals surface area contributed by atoms with Gasteiger partial charge in [-0.2, -0.15) is 0 Å². The zero-order chi connectivity index (χ0) is 23.6. The first kappa shape index (κ1) is 23.6. The highest BCUT2D eigenvalue weighted by Crippen LogP contribution is 2.40. The molecular weight excluding hydrogens is 426 g/mol. The van der Waals surface area contributed by atoms with Crippen LogP contribution in [0.1, 0.15) is 53.3 Å². The molecular formula is C27H31N5O2. The molecule has 2 aromatic heterocycles. The molecule has 1 fully saturated rings. The van der Waals surface area contributed by atoms with Gasteiger partial charge in [0.05, 0.1) is 12.2 Å². The fourth-order valence-corrected chi connectivity index (χ4v) is 4.05. The minimum absolute atomic E-state index is 0.214. The van der Waals surface area contributed by atoms with E-state index in [9.17, 15) is 9.59 Å². The summed E-state index contributed by atoms with van der Waals surface area (Å²) in [6, 6.07) is 21.2. The number of hydrogen-bond acceptors (Lipinski definition) is 5. The van der Waals surface area contributed by atoms with Crippen molar-refractivity contribution in [1.82, 2.24) is 25.9 Å². The molecule has 1 aliphatic rings. The Morgan fingerprint density at radius 1 is 0.912 bits per heavy atom. The maximum Gasteiger partial charge on any atom is 0.270 e. The fraction of sp³-hybridized carbons (Fsp3) is 0.333. The second kappa shape index (κ2) is 12.0. The van der Waals surface area contributed by atoms with Crippen LogP contribution in [0.2, 0.25) is 0 Å². The number of benzene rings is 1. The second-order valence-corrected chi connectivity index (χ2v) is 8.59. The molecule has 0 saturated heterocycles. The van der Waals surface area contributed by atoms with Crippen LogP contribution in [0.4, 0.5) is 0 Å². The van der Waals surface area contributed by atoms with Gasteiger partial charge in [-0.15, -0.1) is 0 Å². The predicted octanol–water partition coefficient (Wildman–Crippen LogP) is 3.21. The largest absolute Gasteiger partial charge is 0.349 e. The van der Waals surface area contributed by atoms with Crippen molar-refractivity contribution in [2.45, 2.75) is 50.2 Å². The Kier molecular flexibility index (Phi) is 8.35. The summed E-state index contributed by atoms with van der Waals surface area (Å²) in [4.78, 5) is 33.8. The summed E-state index contributed by atoms with van der Waals surface area (Å²) in [7, 11) is 0. The van der Waals surface area contributed by atoms with E-state index in [0.717, 1.165) is 25.1 Å². The lowest BCUT2D eigenvalue weighted by Crippen LogP contribution is -2.46. The number of amides is 2. The summed E-state index contributed by atoms with van der Waals surface area (Å²) >= 11 is 0. The lowest BCUT2D eigenvalue weighted by Gasteiger charge is -2.18. The summed E-state index contributed by atoms with van der Waals surface area (Å²) < 4.78 is 0. The van der Waals surface area contributed by atoms with Gasteiger partial charge in [0.2, 0.25) is 5.91 Å². The van der Waals surface area contributed by atoms with E-state index >= 15 is 0 Å². The van der Waals surface area contributed by atoms with Crippen LogP contribution in [0.5, 0.6) is 0 Å². The Hall–Kier alpha value is -3.58. The van der Waals surface area contributed by atoms with E-state index in [1.807, 2.05) is 24.3 Å². The highest BCUT2D eigenvalue weighted by Gasteiger charge is 2.37. The number of nitrogens with zero attached hydrogens (tertiary/aromatic N) is 2. The van der Waals surface area contributed by atoms with E-state index in [2.05, 4.69) is 50.2 Å². The van der Waals surface area contributed by atoms with Crippen molar-refractivity contribution in [3.63, 3.8) is 0 Å². The first-order chi connectivity index (χ1) is 16.7. The molecule has 3 aromatic rings. The fourth-order valence-electron chi connectivity index (χ4n) is 4.05. The molecule has 2 unspecified atom stereocenters. The molecule has 3 atom stereocenters. The smallest absolute Gasteiger partial charge is 0.270 e. The SMILES string of the molecule is O=C(N[C@@H](CCCCNC1CC1c1ccccc1)C(=O)NCc1ccccn1)c1ccccn1. The van der Waals surface area contributed by atoms with Crippen molar-refractivity contribution in [2.75, 3.05) is 6.54 Å². The van der Waals surface area contributed by atoms with Crippen molar-refractivity contribution in [3.05, 3.63) is 96.1 Å². The van der Waals surface area contributed by atoms with Crippen LogP contribution in [0.25, 0.3) is 0 Å². The van der Waals surface area contributed by atoms with Crippen molar-refractivity contribution in [1.29, 1.82) is 0 Å². The molecule has 0 radical (unpaired) electrons. The van der Waals surface area contributed by atoms with Crippen LogP contribution in [0.15, 0.2) is 79.1 Å². The summed E-state index contributed by atoms with van der Waals surface area (Å²) in [5.74, 6) is 0.0404. The Morgan fingerprint density at radius 3 is 2.41 bits per heavy atom. The maximum atomic E-state index is 12.9. The van der Waals surface area contributed by atoms with Crippen LogP contribution in [0.3, 0.4) is 0 Å². The number of hydrogen-bond donors (Lipinski definition) is 3. The van der Waals surface area contributed by atoms with E-state index < -0.39 is 6.04 Å². The summed E-state index contributed by atoms with van der Waals surface area (Å²) in [6.07, 6.45) is 6.74. The second-order valence-electron chi connectivity index (χ2n) is 8.59. The average molecular weight is 458 g/mol. The lowest BCUT2D eigenvalue weighted by molar-refractivity contribution is -0.123. The Balaban J connectivity index is 1.24. The minimum Gasteiger partial charge on any atom is -0.349 e. The first-order valence-electron chi connectivity index (χ1n) is 11.9. The molecule has 2 amide bonds. The van der Waals surface area contributed by atoms with Gasteiger partial charge in [-0.1, -0.05) is 42.5 Å². The molecule has 0 spiro atoms. The highest BCUT2D eigenvalue weighted by molar-refractivity contribution is 5.96. The van der Waals surface area contributed by atoms with Gasteiger partial charge in [-0.05, 0) is 62.1 Å². The first-order valence-corrected chi connectivity index (χ1v) is 11.9. The molecule has 1 saturated carbocycles. The molecule has 176 valence electrons. The predicted molar refractivity (Wildman–Crippen MR) is 131 cm³/mol. The zero-order valence-corrected chi connectivity index (χ0v) is 19.2. The summed E-state index contributed by atoms with van der Waals surface area (Å²) in [5, 5.41) is 9.37. The Labute approximate surface area is 200 Å². The van der Waals surface area contributed by atoms with E-state index in [1.54, 1.807) is 30.6 Å². The number of carbonyl (C=O) groups excluding carboxylic acids is 2. The van der Waals surface area contributed by atoms with Gasteiger partial charge in [0.25, 0.3) is 5.91 Å². The standard InChI is InChI=1S/C27H31N5O2/c33-26(31-19-21-12-4-7-15-28-21)24(32-27(34)23-13-5-8-16-29-23)14-6-9-17-30-25-18-22(25)20-10-2-1-3-11-20/h1-5,7-8,10-13,15-16,22,24-25,30H,6,9,14,17-19H2,(H,31,33)(H,32,34)/t22?,24-,25?/m0/s1. The van der Waals surface area contributed by atoms with Crippen LogP contribution >= 0.6 is 0 Å². The molecule has 4 rings (SSSR count). The molecule has 0 aliphatic heterocycles. The van der Waals surface area contributed by atoms with Crippen LogP contribution in [-0.2, 0) is 11.3 Å². The van der Waals surface area contributed by atoms with Crippen LogP contribution in [-0.4, -0.2) is 40.4 Å². The van der Waals surface area contributed by atoms with E-state index in [0.29, 0.717) is 30.6 Å². The number of carbonyl (C=O) groups is 2. The van der Waals surface area contributed by atoms with Crippen LogP contribution in [0, 0.1) is 0 Å². The van der Waals surface area contributed by atoms with Gasteiger partial charge in [-0.3, -0.25) is 19.6 Å². The van der Waals surface area contributed by atoms with Crippen LogP contribution < -0.4 is 16.0 Å². The Morgan fingerprint density at radius 2 is 1.68 bits per heavy atom. The van der Waals surface area contributed by atoms with E-state index in [4.69, 9.17) is 0 Å². The average Bonchev–Trinajstić information content (AvgIpc) is 3.67. The third-order valence-corrected chi connectivity index (χ3v) is 6.03. The van der Waals surface area contributed by atoms with Crippen molar-refractivity contribution in [3.8, 4) is 0 Å². The molecule has 0 bridgehead atoms. The molecule has 1 aromatic carbocycles. The highest BCUT2D eigenvalue weighted by atomic mass is 16.2. The van der Waals surface area contributed by atoms with Crippen molar-refractivity contribution in [2.24, 2.45) is 0 Å². The monoisotopic (exact) mass is 457 g/mol. The third-order valence-electron chi connectivity index (χ3n) is 6.03. The van der Waals surface area contributed by atoms with Gasteiger partial charge in [0.1, 0.15) is 11.7 Å². The van der Waals surface area contributed by atoms with Gasteiger partial charge in [-0.25, -0.2) is 0 Å². The number of rotatable bonds is 12. The topological polar surface area (TPSA) is 96.0 Å². The van der Waals surface area contributed by atoms with Gasteiger partial charge < -0.3 is 16.0 Å². The van der Waals surface area contributed by atoms with Gasteiger partial charge in [0.15, 0.2) is 0 Å². The minimum atomic E-state index is -0.629. The number of aromatic nitrogens is 2. The van der Waals surface area contributed by atoms with Gasteiger partial charge in [0, 0.05) is 24.4 Å². The van der Waals surface area contributed by atoms with Crippen molar-refractivity contribution < 1.29 is 9.59 Å². The molecule has 7 heteroatoms. The Bertz CT molecular complexity index is 1050.